The number of hydrogen-bond acceptors (Lipinski definition) is 5. The second kappa shape index (κ2) is 6.74. The summed E-state index contributed by atoms with van der Waals surface area (Å²) in [4.78, 5) is 16.6. The van der Waals surface area contributed by atoms with E-state index < -0.39 is 5.91 Å². The highest BCUT2D eigenvalue weighted by atomic mass is 79.9. The number of carbonyl (C=O) groups excluding carboxylic acids is 1. The van der Waals surface area contributed by atoms with Crippen LogP contribution in [0.1, 0.15) is 16.2 Å². The van der Waals surface area contributed by atoms with Gasteiger partial charge in [0.05, 0.1) is 5.69 Å². The van der Waals surface area contributed by atoms with Gasteiger partial charge in [-0.05, 0) is 30.3 Å². The minimum absolute atomic E-state index is 0.299. The molecule has 0 aliphatic carbocycles. The normalized spacial score (nSPS) is 10.3. The number of anilines is 1. The molecule has 5 nitrogen and oxygen atoms in total. The summed E-state index contributed by atoms with van der Waals surface area (Å²) < 4.78 is 0.971. The zero-order chi connectivity index (χ0) is 14.5. The summed E-state index contributed by atoms with van der Waals surface area (Å²) >= 11 is 4.97. The molecule has 0 aliphatic rings. The Bertz CT molecular complexity index is 636. The highest BCUT2D eigenvalue weighted by Crippen LogP contribution is 2.30. The first kappa shape index (κ1) is 14.8. The molecule has 2 rings (SSSR count). The number of nitrogen functional groups attached to an aromatic ring is 2. The number of hydrazine groups is 1. The molecule has 5 N–H and O–H groups in total. The molecule has 0 fully saturated rings. The minimum Gasteiger partial charge on any atom is -0.398 e. The summed E-state index contributed by atoms with van der Waals surface area (Å²) in [6.07, 6.45) is 0. The minimum atomic E-state index is -0.404. The molecule has 1 aromatic carbocycles. The number of nitrogens with zero attached hydrogens (tertiary/aromatic N) is 1. The summed E-state index contributed by atoms with van der Waals surface area (Å²) in [5, 5.41) is 0. The van der Waals surface area contributed by atoms with Crippen molar-refractivity contribution in [2.75, 3.05) is 5.73 Å². The van der Waals surface area contributed by atoms with Crippen LogP contribution in [0.25, 0.3) is 0 Å². The Labute approximate surface area is 129 Å². The highest BCUT2D eigenvalue weighted by Gasteiger charge is 2.07. The maximum absolute atomic E-state index is 11.4. The number of nitrogens with two attached hydrogens (primary N) is 2. The molecule has 0 spiro atoms. The Hall–Kier alpha value is -1.57. The lowest BCUT2D eigenvalue weighted by Crippen LogP contribution is -2.30. The SMILES string of the molecule is NNC(=O)c1cccc(CSc2cc(Br)ccc2N)n1. The van der Waals surface area contributed by atoms with Crippen LogP contribution in [0.4, 0.5) is 5.69 Å². The van der Waals surface area contributed by atoms with Gasteiger partial charge in [-0.15, -0.1) is 11.8 Å². The van der Waals surface area contributed by atoms with Crippen molar-refractivity contribution >= 4 is 39.3 Å². The van der Waals surface area contributed by atoms with Gasteiger partial charge in [-0.1, -0.05) is 22.0 Å². The van der Waals surface area contributed by atoms with E-state index in [0.717, 1.165) is 15.1 Å². The van der Waals surface area contributed by atoms with Gasteiger partial charge in [-0.3, -0.25) is 10.2 Å². The summed E-state index contributed by atoms with van der Waals surface area (Å²) in [6, 6.07) is 10.9. The third kappa shape index (κ3) is 3.72. The van der Waals surface area contributed by atoms with Crippen LogP contribution in [-0.2, 0) is 5.75 Å². The smallest absolute Gasteiger partial charge is 0.283 e. The van der Waals surface area contributed by atoms with Gasteiger partial charge in [0, 0.05) is 20.8 Å². The molecular weight excluding hydrogens is 340 g/mol. The molecular formula is C13H13BrN4OS. The van der Waals surface area contributed by atoms with Crippen LogP contribution >= 0.6 is 27.7 Å². The van der Waals surface area contributed by atoms with Crippen LogP contribution in [-0.4, -0.2) is 10.9 Å². The van der Waals surface area contributed by atoms with Crippen LogP contribution in [0.3, 0.4) is 0 Å². The van der Waals surface area contributed by atoms with E-state index in [2.05, 4.69) is 26.3 Å². The van der Waals surface area contributed by atoms with Gasteiger partial charge in [0.1, 0.15) is 5.69 Å². The standard InChI is InChI=1S/C13H13BrN4OS/c14-8-4-5-10(15)12(6-8)20-7-9-2-1-3-11(17-9)13(19)18-16/h1-6H,7,15-16H2,(H,18,19). The van der Waals surface area contributed by atoms with Gasteiger partial charge >= 0.3 is 0 Å². The molecule has 0 unspecified atom stereocenters. The number of carbonyl (C=O) groups is 1. The zero-order valence-corrected chi connectivity index (χ0v) is 12.9. The lowest BCUT2D eigenvalue weighted by molar-refractivity contribution is 0.0948. The van der Waals surface area contributed by atoms with E-state index in [-0.39, 0.29) is 0 Å². The predicted molar refractivity (Wildman–Crippen MR) is 84.0 cm³/mol. The number of hydrogen-bond donors (Lipinski definition) is 3. The van der Waals surface area contributed by atoms with Crippen molar-refractivity contribution in [1.29, 1.82) is 0 Å². The summed E-state index contributed by atoms with van der Waals surface area (Å²) in [5.74, 6) is 5.30. The van der Waals surface area contributed by atoms with Crippen LogP contribution in [0, 0.1) is 0 Å². The Morgan fingerprint density at radius 1 is 1.35 bits per heavy atom. The van der Waals surface area contributed by atoms with Crippen molar-refractivity contribution in [1.82, 2.24) is 10.4 Å². The zero-order valence-electron chi connectivity index (χ0n) is 10.5. The third-order valence-corrected chi connectivity index (χ3v) is 4.12. The third-order valence-electron chi connectivity index (χ3n) is 2.52. The number of amides is 1. The van der Waals surface area contributed by atoms with Crippen LogP contribution in [0.2, 0.25) is 0 Å². The molecule has 1 aromatic heterocycles. The molecule has 2 aromatic rings. The number of thioether (sulfide) groups is 1. The number of halogens is 1. The maximum Gasteiger partial charge on any atom is 0.283 e. The van der Waals surface area contributed by atoms with Crippen molar-refractivity contribution in [2.45, 2.75) is 10.6 Å². The summed E-state index contributed by atoms with van der Waals surface area (Å²) in [6.45, 7) is 0. The number of benzene rings is 1. The summed E-state index contributed by atoms with van der Waals surface area (Å²) in [7, 11) is 0. The van der Waals surface area contributed by atoms with E-state index in [4.69, 9.17) is 11.6 Å². The Kier molecular flexibility index (Phi) is 4.99. The fourth-order valence-corrected chi connectivity index (χ4v) is 2.97. The first-order valence-electron chi connectivity index (χ1n) is 5.75. The number of pyridine rings is 1. The Balaban J connectivity index is 2.11. The molecule has 104 valence electrons. The maximum atomic E-state index is 11.4. The van der Waals surface area contributed by atoms with E-state index in [1.165, 1.54) is 0 Å². The number of rotatable bonds is 4. The van der Waals surface area contributed by atoms with E-state index in [9.17, 15) is 4.79 Å². The largest absolute Gasteiger partial charge is 0.398 e. The lowest BCUT2D eigenvalue weighted by Gasteiger charge is -2.06. The van der Waals surface area contributed by atoms with Gasteiger partial charge in [0.2, 0.25) is 0 Å². The fraction of sp³-hybridized carbons (Fsp3) is 0.0769. The Morgan fingerprint density at radius 3 is 2.90 bits per heavy atom. The van der Waals surface area contributed by atoms with Crippen LogP contribution in [0.15, 0.2) is 45.8 Å². The molecule has 20 heavy (non-hydrogen) atoms. The quantitative estimate of drug-likeness (QED) is 0.258. The number of nitrogens with one attached hydrogen (secondary N) is 1. The predicted octanol–water partition coefficient (Wildman–Crippen LogP) is 2.32. The van der Waals surface area contributed by atoms with E-state index in [1.807, 2.05) is 24.3 Å². The van der Waals surface area contributed by atoms with Gasteiger partial charge in [-0.2, -0.15) is 0 Å². The molecule has 1 amide bonds. The van der Waals surface area contributed by atoms with E-state index in [1.54, 1.807) is 23.9 Å². The average molecular weight is 353 g/mol. The molecule has 0 radical (unpaired) electrons. The topological polar surface area (TPSA) is 94.0 Å². The lowest BCUT2D eigenvalue weighted by atomic mass is 10.3. The van der Waals surface area contributed by atoms with Crippen LogP contribution < -0.4 is 17.0 Å². The van der Waals surface area contributed by atoms with Crippen molar-refractivity contribution in [2.24, 2.45) is 5.84 Å². The van der Waals surface area contributed by atoms with E-state index in [0.29, 0.717) is 17.1 Å². The highest BCUT2D eigenvalue weighted by molar-refractivity contribution is 9.10. The van der Waals surface area contributed by atoms with Crippen molar-refractivity contribution < 1.29 is 4.79 Å². The molecule has 0 saturated carbocycles. The number of aromatic nitrogens is 1. The molecule has 0 atom stereocenters. The molecule has 7 heteroatoms. The second-order valence-electron chi connectivity index (χ2n) is 3.96. The van der Waals surface area contributed by atoms with Crippen LogP contribution in [0.5, 0.6) is 0 Å². The van der Waals surface area contributed by atoms with Gasteiger partial charge in [-0.25, -0.2) is 10.8 Å². The molecule has 0 aliphatic heterocycles. The molecule has 1 heterocycles. The van der Waals surface area contributed by atoms with Gasteiger partial charge in [0.15, 0.2) is 0 Å². The van der Waals surface area contributed by atoms with Crippen molar-refractivity contribution in [3.63, 3.8) is 0 Å². The first-order chi connectivity index (χ1) is 9.60. The monoisotopic (exact) mass is 352 g/mol. The van der Waals surface area contributed by atoms with Crippen molar-refractivity contribution in [3.05, 3.63) is 52.3 Å². The average Bonchev–Trinajstić information content (AvgIpc) is 2.47. The van der Waals surface area contributed by atoms with Gasteiger partial charge < -0.3 is 5.73 Å². The van der Waals surface area contributed by atoms with E-state index >= 15 is 0 Å². The van der Waals surface area contributed by atoms with Gasteiger partial charge in [0.25, 0.3) is 5.91 Å². The van der Waals surface area contributed by atoms with Crippen molar-refractivity contribution in [3.8, 4) is 0 Å². The fourth-order valence-electron chi connectivity index (χ4n) is 1.55. The Morgan fingerprint density at radius 2 is 2.15 bits per heavy atom. The molecule has 0 bridgehead atoms. The summed E-state index contributed by atoms with van der Waals surface area (Å²) in [5.41, 5.74) is 9.78. The first-order valence-corrected chi connectivity index (χ1v) is 7.52. The molecule has 0 saturated heterocycles. The second-order valence-corrected chi connectivity index (χ2v) is 5.89.